The molecule has 0 aliphatic carbocycles. The maximum absolute atomic E-state index is 13.2. The molecule has 0 radical (unpaired) electrons. The van der Waals surface area contributed by atoms with Crippen LogP contribution in [0, 0.1) is 0 Å². The second kappa shape index (κ2) is 16.0. The van der Waals surface area contributed by atoms with E-state index in [1.54, 1.807) is 0 Å². The van der Waals surface area contributed by atoms with Crippen molar-refractivity contribution in [2.75, 3.05) is 30.4 Å². The second-order valence-corrected chi connectivity index (χ2v) is 16.9. The van der Waals surface area contributed by atoms with Crippen LogP contribution in [0.1, 0.15) is 125 Å². The molecule has 0 aliphatic heterocycles. The molecule has 3 nitrogen and oxygen atoms in total. The molecule has 0 atom stereocenters. The molecule has 29 heavy (non-hydrogen) atoms. The summed E-state index contributed by atoms with van der Waals surface area (Å²) in [5.41, 5.74) is 0. The Kier molecular flexibility index (Phi) is 16.2. The van der Waals surface area contributed by atoms with Crippen LogP contribution in [0.4, 0.5) is 0 Å². The van der Waals surface area contributed by atoms with Crippen LogP contribution >= 0.6 is 6.83 Å². The molecular formula is C24H53O3PS. The third-order valence-corrected chi connectivity index (χ3v) is 15.6. The van der Waals surface area contributed by atoms with E-state index >= 15 is 0 Å². The standard InChI is InChI=1S/C24H53O3PS/c1-6-11-16-17-18-19-24-29(25,26)27-28(20-12-7-2,21-13-8-3,22-14-9-4)23-15-10-5/h6-24H2,1-5H3. The van der Waals surface area contributed by atoms with E-state index in [1.165, 1.54) is 19.3 Å². The monoisotopic (exact) mass is 452 g/mol. The van der Waals surface area contributed by atoms with Crippen LogP contribution < -0.4 is 0 Å². The Hall–Kier alpha value is 0.340. The van der Waals surface area contributed by atoms with Gasteiger partial charge in [0.25, 0.3) is 0 Å². The number of rotatable bonds is 21. The molecule has 0 heterocycles. The normalized spacial score (nSPS) is 14.0. The van der Waals surface area contributed by atoms with Crippen molar-refractivity contribution in [1.29, 1.82) is 0 Å². The van der Waals surface area contributed by atoms with Crippen LogP contribution in [0.5, 0.6) is 0 Å². The number of unbranched alkanes of at least 4 members (excludes halogenated alkanes) is 9. The summed E-state index contributed by atoms with van der Waals surface area (Å²) < 4.78 is 33.0. The molecular weight excluding hydrogens is 399 g/mol. The summed E-state index contributed by atoms with van der Waals surface area (Å²) in [6, 6.07) is 0. The van der Waals surface area contributed by atoms with Crippen molar-refractivity contribution in [2.45, 2.75) is 125 Å². The van der Waals surface area contributed by atoms with Gasteiger partial charge in [-0.2, -0.15) is 0 Å². The van der Waals surface area contributed by atoms with E-state index < -0.39 is 16.9 Å². The summed E-state index contributed by atoms with van der Waals surface area (Å²) in [6.07, 6.45) is 19.5. The Morgan fingerprint density at radius 1 is 0.517 bits per heavy atom. The van der Waals surface area contributed by atoms with E-state index in [-0.39, 0.29) is 5.75 Å². The summed E-state index contributed by atoms with van der Waals surface area (Å²) in [5, 5.41) is 0. The molecule has 0 saturated carbocycles. The van der Waals surface area contributed by atoms with Gasteiger partial charge in [-0.1, -0.05) is 0 Å². The van der Waals surface area contributed by atoms with Gasteiger partial charge in [0.2, 0.25) is 0 Å². The van der Waals surface area contributed by atoms with Crippen molar-refractivity contribution in [1.82, 2.24) is 0 Å². The van der Waals surface area contributed by atoms with Crippen LogP contribution in [-0.4, -0.2) is 38.8 Å². The molecule has 0 aromatic rings. The average Bonchev–Trinajstić information content (AvgIpc) is 2.70. The number of hydrogen-bond donors (Lipinski definition) is 0. The zero-order chi connectivity index (χ0) is 22.1. The molecule has 0 aliphatic rings. The summed E-state index contributed by atoms with van der Waals surface area (Å²) in [4.78, 5) is 0. The van der Waals surface area contributed by atoms with E-state index in [4.69, 9.17) is 3.97 Å². The van der Waals surface area contributed by atoms with Crippen LogP contribution in [0.25, 0.3) is 0 Å². The fourth-order valence-corrected chi connectivity index (χ4v) is 14.9. The van der Waals surface area contributed by atoms with Gasteiger partial charge in [-0.15, -0.1) is 0 Å². The van der Waals surface area contributed by atoms with Gasteiger partial charge < -0.3 is 0 Å². The van der Waals surface area contributed by atoms with Gasteiger partial charge in [-0.25, -0.2) is 0 Å². The zero-order valence-electron chi connectivity index (χ0n) is 20.5. The third-order valence-electron chi connectivity index (χ3n) is 6.38. The predicted molar refractivity (Wildman–Crippen MR) is 134 cm³/mol. The second-order valence-electron chi connectivity index (χ2n) is 9.27. The molecule has 5 heteroatoms. The van der Waals surface area contributed by atoms with Crippen molar-refractivity contribution in [3.63, 3.8) is 0 Å². The van der Waals surface area contributed by atoms with Gasteiger partial charge in [-0.05, 0) is 0 Å². The van der Waals surface area contributed by atoms with E-state index in [0.29, 0.717) is 0 Å². The Morgan fingerprint density at radius 3 is 1.24 bits per heavy atom. The first-order valence-electron chi connectivity index (χ1n) is 12.8. The molecule has 0 saturated heterocycles. The Balaban J connectivity index is 5.52. The van der Waals surface area contributed by atoms with Gasteiger partial charge >= 0.3 is 184 Å². The molecule has 0 amide bonds. The van der Waals surface area contributed by atoms with Crippen LogP contribution in [0.15, 0.2) is 0 Å². The van der Waals surface area contributed by atoms with Crippen molar-refractivity contribution in [2.24, 2.45) is 0 Å². The quantitative estimate of drug-likeness (QED) is 0.130. The number of hydrogen-bond acceptors (Lipinski definition) is 3. The van der Waals surface area contributed by atoms with Crippen molar-refractivity contribution >= 4 is 16.9 Å². The van der Waals surface area contributed by atoms with Gasteiger partial charge in [-0.3, -0.25) is 0 Å². The average molecular weight is 453 g/mol. The van der Waals surface area contributed by atoms with E-state index in [9.17, 15) is 8.42 Å². The van der Waals surface area contributed by atoms with Crippen LogP contribution in [0.3, 0.4) is 0 Å². The van der Waals surface area contributed by atoms with Crippen LogP contribution in [-0.2, 0) is 14.1 Å². The fourth-order valence-electron chi connectivity index (χ4n) is 4.47. The van der Waals surface area contributed by atoms with Gasteiger partial charge in [0, 0.05) is 0 Å². The minimum atomic E-state index is -3.45. The third kappa shape index (κ3) is 12.1. The molecule has 0 spiro atoms. The molecule has 0 bridgehead atoms. The van der Waals surface area contributed by atoms with Gasteiger partial charge in [0.1, 0.15) is 0 Å². The first-order chi connectivity index (χ1) is 13.8. The fraction of sp³-hybridized carbons (Fsp3) is 1.00. The van der Waals surface area contributed by atoms with Gasteiger partial charge in [0.05, 0.1) is 0 Å². The Morgan fingerprint density at radius 2 is 0.862 bits per heavy atom. The minimum absolute atomic E-state index is 0.216. The molecule has 178 valence electrons. The van der Waals surface area contributed by atoms with E-state index in [2.05, 4.69) is 34.6 Å². The Bertz CT molecular complexity index is 447. The van der Waals surface area contributed by atoms with Crippen molar-refractivity contribution in [3.8, 4) is 0 Å². The Labute approximate surface area is 184 Å². The maximum atomic E-state index is 13.2. The summed E-state index contributed by atoms with van der Waals surface area (Å²) >= 11 is 0. The SMILES string of the molecule is CCCCCCCCS(=O)(=O)OP(CCCC)(CCCC)(CCCC)CCCC. The first kappa shape index (κ1) is 29.3. The molecule has 0 aromatic carbocycles. The topological polar surface area (TPSA) is 43.4 Å². The summed E-state index contributed by atoms with van der Waals surface area (Å²) in [5.74, 6) is 0.216. The summed E-state index contributed by atoms with van der Waals surface area (Å²) in [6.45, 7) is 8.35. The zero-order valence-corrected chi connectivity index (χ0v) is 22.2. The van der Waals surface area contributed by atoms with Crippen molar-refractivity contribution in [3.05, 3.63) is 0 Å². The van der Waals surface area contributed by atoms with E-state index in [0.717, 1.165) is 95.3 Å². The molecule has 0 aromatic heterocycles. The van der Waals surface area contributed by atoms with Gasteiger partial charge in [0.15, 0.2) is 0 Å². The molecule has 0 rings (SSSR count). The molecule has 0 unspecified atom stereocenters. The predicted octanol–water partition coefficient (Wildman–Crippen LogP) is 8.36. The first-order valence-corrected chi connectivity index (χ1v) is 17.2. The van der Waals surface area contributed by atoms with E-state index in [1.807, 2.05) is 0 Å². The summed E-state index contributed by atoms with van der Waals surface area (Å²) in [7, 11) is -3.45. The van der Waals surface area contributed by atoms with Crippen molar-refractivity contribution < 1.29 is 12.4 Å². The molecule has 0 fully saturated rings. The molecule has 0 N–H and O–H groups in total. The van der Waals surface area contributed by atoms with Crippen LogP contribution in [0.2, 0.25) is 0 Å².